The van der Waals surface area contributed by atoms with E-state index >= 15 is 0 Å². The molecule has 1 unspecified atom stereocenters. The van der Waals surface area contributed by atoms with E-state index in [1.165, 1.54) is 31.2 Å². The predicted molar refractivity (Wildman–Crippen MR) is 93.9 cm³/mol. The molecule has 6 heteroatoms. The molecule has 1 aromatic heterocycles. The molecule has 1 fully saturated rings. The van der Waals surface area contributed by atoms with Crippen LogP contribution in [0.2, 0.25) is 0 Å². The van der Waals surface area contributed by atoms with E-state index in [0.29, 0.717) is 11.6 Å². The van der Waals surface area contributed by atoms with Crippen LogP contribution < -0.4 is 5.32 Å². The summed E-state index contributed by atoms with van der Waals surface area (Å²) in [4.78, 5) is 15.7. The number of fused-ring (bicyclic) bond motifs is 1. The molecule has 1 N–H and O–H groups in total. The van der Waals surface area contributed by atoms with Crippen molar-refractivity contribution >= 4 is 39.6 Å². The van der Waals surface area contributed by atoms with Crippen molar-refractivity contribution in [2.45, 2.75) is 51.5 Å². The summed E-state index contributed by atoms with van der Waals surface area (Å²) < 4.78 is 4.98. The number of anilines is 1. The molecule has 1 aliphatic heterocycles. The Morgan fingerprint density at radius 1 is 1.36 bits per heavy atom. The lowest BCUT2D eigenvalue weighted by Crippen LogP contribution is -2.44. The summed E-state index contributed by atoms with van der Waals surface area (Å²) in [5, 5.41) is 4.92. The topological polar surface area (TPSA) is 41.6 Å². The largest absolute Gasteiger partial charge is 0.465 e. The first-order chi connectivity index (χ1) is 10.6. The zero-order chi connectivity index (χ0) is 15.7. The van der Waals surface area contributed by atoms with Gasteiger partial charge in [0.2, 0.25) is 0 Å². The lowest BCUT2D eigenvalue weighted by molar-refractivity contribution is 0.0601. The molecule has 0 amide bonds. The van der Waals surface area contributed by atoms with Crippen LogP contribution in [0.3, 0.4) is 0 Å². The molecule has 0 radical (unpaired) electrons. The first-order valence-electron chi connectivity index (χ1n) is 7.92. The third-order valence-corrected chi connectivity index (χ3v) is 6.14. The van der Waals surface area contributed by atoms with Gasteiger partial charge in [0.05, 0.1) is 12.7 Å². The van der Waals surface area contributed by atoms with Crippen molar-refractivity contribution in [3.8, 4) is 0 Å². The summed E-state index contributed by atoms with van der Waals surface area (Å²) >= 11 is 7.25. The molecular formula is C16H22N2O2S2. The second-order valence-corrected chi connectivity index (χ2v) is 7.51. The second-order valence-electron chi connectivity index (χ2n) is 6.02. The van der Waals surface area contributed by atoms with Crippen molar-refractivity contribution in [2.75, 3.05) is 19.0 Å². The maximum absolute atomic E-state index is 12.2. The number of carbonyl (C=O) groups excluding carboxylic acids is 1. The summed E-state index contributed by atoms with van der Waals surface area (Å²) in [6.07, 6.45) is 6.76. The van der Waals surface area contributed by atoms with Gasteiger partial charge in [-0.15, -0.1) is 11.3 Å². The van der Waals surface area contributed by atoms with Crippen LogP contribution in [0.15, 0.2) is 0 Å². The van der Waals surface area contributed by atoms with Gasteiger partial charge in [0, 0.05) is 17.5 Å². The summed E-state index contributed by atoms with van der Waals surface area (Å²) in [5.41, 5.74) is 1.86. The molecule has 22 heavy (non-hydrogen) atoms. The van der Waals surface area contributed by atoms with E-state index in [1.54, 1.807) is 11.3 Å². The molecule has 0 bridgehead atoms. The number of rotatable bonds is 2. The highest BCUT2D eigenvalue weighted by Crippen LogP contribution is 2.39. The Bertz CT molecular complexity index is 597. The third-order valence-electron chi connectivity index (χ3n) is 4.60. The molecule has 120 valence electrons. The van der Waals surface area contributed by atoms with Crippen LogP contribution in [-0.4, -0.2) is 35.7 Å². The van der Waals surface area contributed by atoms with E-state index < -0.39 is 0 Å². The second kappa shape index (κ2) is 6.54. The lowest BCUT2D eigenvalue weighted by atomic mass is 10.0. The minimum Gasteiger partial charge on any atom is -0.465 e. The minimum absolute atomic E-state index is 0.253. The number of methoxy groups -OCH3 is 1. The van der Waals surface area contributed by atoms with E-state index in [0.717, 1.165) is 41.5 Å². The van der Waals surface area contributed by atoms with Crippen molar-refractivity contribution in [3.63, 3.8) is 0 Å². The van der Waals surface area contributed by atoms with Gasteiger partial charge in [0.25, 0.3) is 0 Å². The van der Waals surface area contributed by atoms with Crippen LogP contribution in [-0.2, 0) is 17.6 Å². The number of nitrogens with one attached hydrogen (secondary N) is 1. The zero-order valence-corrected chi connectivity index (χ0v) is 14.7. The summed E-state index contributed by atoms with van der Waals surface area (Å²) in [6, 6.07) is 0.460. The average Bonchev–Trinajstić information content (AvgIpc) is 3.07. The molecule has 0 saturated carbocycles. The van der Waals surface area contributed by atoms with E-state index in [4.69, 9.17) is 17.0 Å². The number of hydrogen-bond acceptors (Lipinski definition) is 4. The van der Waals surface area contributed by atoms with Crippen LogP contribution in [0.4, 0.5) is 5.00 Å². The third kappa shape index (κ3) is 2.86. The van der Waals surface area contributed by atoms with Crippen molar-refractivity contribution in [1.82, 2.24) is 4.90 Å². The van der Waals surface area contributed by atoms with Gasteiger partial charge in [0.15, 0.2) is 5.11 Å². The molecule has 0 aromatic carbocycles. The fraction of sp³-hybridized carbons (Fsp3) is 0.625. The van der Waals surface area contributed by atoms with Gasteiger partial charge >= 0.3 is 5.97 Å². The monoisotopic (exact) mass is 338 g/mol. The number of piperidine rings is 1. The normalized spacial score (nSPS) is 20.6. The van der Waals surface area contributed by atoms with Crippen LogP contribution >= 0.6 is 23.6 Å². The minimum atomic E-state index is -0.253. The summed E-state index contributed by atoms with van der Waals surface area (Å²) in [6.45, 7) is 3.20. The van der Waals surface area contributed by atoms with Gasteiger partial charge in [-0.3, -0.25) is 0 Å². The Hall–Kier alpha value is -1.14. The lowest BCUT2D eigenvalue weighted by Gasteiger charge is -2.35. The SMILES string of the molecule is COC(=O)c1c(NC(=S)N2CCCCC2C)sc2c1CCC2. The number of ether oxygens (including phenoxy) is 1. The van der Waals surface area contributed by atoms with E-state index in [2.05, 4.69) is 17.1 Å². The molecule has 1 aromatic rings. The van der Waals surface area contributed by atoms with Gasteiger partial charge in [-0.2, -0.15) is 0 Å². The fourth-order valence-corrected chi connectivity index (χ4v) is 5.09. The number of carbonyl (C=O) groups is 1. The number of thiophene rings is 1. The maximum Gasteiger partial charge on any atom is 0.341 e. The smallest absolute Gasteiger partial charge is 0.341 e. The molecule has 1 saturated heterocycles. The van der Waals surface area contributed by atoms with Crippen LogP contribution in [0.1, 0.15) is 53.4 Å². The Labute approximate surface area is 140 Å². The Morgan fingerprint density at radius 2 is 2.18 bits per heavy atom. The van der Waals surface area contributed by atoms with E-state index in [-0.39, 0.29) is 5.97 Å². The van der Waals surface area contributed by atoms with Gasteiger partial charge in [-0.05, 0) is 63.2 Å². The van der Waals surface area contributed by atoms with Crippen LogP contribution in [0, 0.1) is 0 Å². The van der Waals surface area contributed by atoms with Crippen LogP contribution in [0.5, 0.6) is 0 Å². The predicted octanol–water partition coefficient (Wildman–Crippen LogP) is 3.59. The standard InChI is InChI=1S/C16H22N2O2S2/c1-10-6-3-4-9-18(10)16(21)17-14-13(15(19)20-2)11-7-5-8-12(11)22-14/h10H,3-9H2,1-2H3,(H,17,21). The summed E-state index contributed by atoms with van der Waals surface area (Å²) in [7, 11) is 1.44. The first kappa shape index (κ1) is 15.7. The number of hydrogen-bond donors (Lipinski definition) is 1. The quantitative estimate of drug-likeness (QED) is 0.659. The van der Waals surface area contributed by atoms with Gasteiger partial charge < -0.3 is 15.0 Å². The van der Waals surface area contributed by atoms with Crippen molar-refractivity contribution in [1.29, 1.82) is 0 Å². The molecule has 4 nitrogen and oxygen atoms in total. The van der Waals surface area contributed by atoms with Crippen LogP contribution in [0.25, 0.3) is 0 Å². The van der Waals surface area contributed by atoms with Crippen molar-refractivity contribution in [3.05, 3.63) is 16.0 Å². The fourth-order valence-electron chi connectivity index (χ4n) is 3.38. The molecule has 2 heterocycles. The van der Waals surface area contributed by atoms with Gasteiger partial charge in [0.1, 0.15) is 5.00 Å². The summed E-state index contributed by atoms with van der Waals surface area (Å²) in [5.74, 6) is -0.253. The molecular weight excluding hydrogens is 316 g/mol. The number of aryl methyl sites for hydroxylation is 1. The highest BCUT2D eigenvalue weighted by atomic mass is 32.1. The number of esters is 1. The van der Waals surface area contributed by atoms with E-state index in [1.807, 2.05) is 0 Å². The maximum atomic E-state index is 12.2. The average molecular weight is 338 g/mol. The Balaban J connectivity index is 1.83. The van der Waals surface area contributed by atoms with E-state index in [9.17, 15) is 4.79 Å². The number of likely N-dealkylation sites (tertiary alicyclic amines) is 1. The van der Waals surface area contributed by atoms with Gasteiger partial charge in [-0.25, -0.2) is 4.79 Å². The zero-order valence-electron chi connectivity index (χ0n) is 13.1. The highest BCUT2D eigenvalue weighted by molar-refractivity contribution is 7.80. The molecule has 2 aliphatic rings. The number of nitrogens with zero attached hydrogens (tertiary/aromatic N) is 1. The Kier molecular flexibility index (Phi) is 4.68. The first-order valence-corrected chi connectivity index (χ1v) is 9.14. The highest BCUT2D eigenvalue weighted by Gasteiger charge is 2.29. The molecule has 0 spiro atoms. The Morgan fingerprint density at radius 3 is 2.91 bits per heavy atom. The van der Waals surface area contributed by atoms with Gasteiger partial charge in [-0.1, -0.05) is 0 Å². The molecule has 3 rings (SSSR count). The van der Waals surface area contributed by atoms with Crippen molar-refractivity contribution in [2.24, 2.45) is 0 Å². The molecule has 1 atom stereocenters. The van der Waals surface area contributed by atoms with Crippen molar-refractivity contribution < 1.29 is 9.53 Å². The number of thiocarbonyl (C=S) groups is 1. The molecule has 1 aliphatic carbocycles.